The van der Waals surface area contributed by atoms with Crippen LogP contribution < -0.4 is 10.1 Å². The van der Waals surface area contributed by atoms with Crippen molar-refractivity contribution in [3.05, 3.63) is 62.5 Å². The first-order chi connectivity index (χ1) is 14.3. The van der Waals surface area contributed by atoms with Gasteiger partial charge in [0.1, 0.15) is 11.8 Å². The molecule has 0 aliphatic carbocycles. The lowest BCUT2D eigenvalue weighted by Crippen LogP contribution is -2.49. The van der Waals surface area contributed by atoms with Gasteiger partial charge in [0.05, 0.1) is 0 Å². The highest BCUT2D eigenvalue weighted by Gasteiger charge is 2.26. The van der Waals surface area contributed by atoms with E-state index in [4.69, 9.17) is 4.74 Å². The molecular formula is C23H28Br2N2O3. The summed E-state index contributed by atoms with van der Waals surface area (Å²) in [4.78, 5) is 27.2. The Morgan fingerprint density at radius 2 is 1.93 bits per heavy atom. The molecule has 5 nitrogen and oxygen atoms in total. The van der Waals surface area contributed by atoms with Crippen LogP contribution in [0.25, 0.3) is 0 Å². The van der Waals surface area contributed by atoms with Crippen molar-refractivity contribution < 1.29 is 14.3 Å². The minimum Gasteiger partial charge on any atom is -0.484 e. The number of amides is 2. The number of rotatable bonds is 10. The first kappa shape index (κ1) is 24.4. The van der Waals surface area contributed by atoms with Gasteiger partial charge < -0.3 is 15.0 Å². The number of carbonyl (C=O) groups excluding carboxylic acids is 2. The van der Waals surface area contributed by atoms with Crippen LogP contribution in [-0.2, 0) is 16.1 Å². The Labute approximate surface area is 195 Å². The van der Waals surface area contributed by atoms with Crippen LogP contribution in [0.2, 0.25) is 0 Å². The van der Waals surface area contributed by atoms with Gasteiger partial charge in [-0.3, -0.25) is 9.59 Å². The fraction of sp³-hybridized carbons (Fsp3) is 0.391. The molecule has 0 aromatic heterocycles. The third kappa shape index (κ3) is 7.43. The molecule has 2 aromatic rings. The number of hydrogen-bond acceptors (Lipinski definition) is 3. The highest BCUT2D eigenvalue weighted by molar-refractivity contribution is 9.10. The van der Waals surface area contributed by atoms with Crippen molar-refractivity contribution in [1.82, 2.24) is 10.2 Å². The van der Waals surface area contributed by atoms with Crippen LogP contribution >= 0.6 is 31.9 Å². The third-order valence-corrected chi connectivity index (χ3v) is 6.11. The van der Waals surface area contributed by atoms with Gasteiger partial charge in [-0.25, -0.2) is 0 Å². The van der Waals surface area contributed by atoms with E-state index >= 15 is 0 Å². The molecule has 0 fully saturated rings. The second-order valence-corrected chi connectivity index (χ2v) is 8.94. The average Bonchev–Trinajstić information content (AvgIpc) is 2.72. The van der Waals surface area contributed by atoms with E-state index in [1.807, 2.05) is 49.4 Å². The van der Waals surface area contributed by atoms with E-state index in [9.17, 15) is 9.59 Å². The molecule has 2 rings (SSSR count). The summed E-state index contributed by atoms with van der Waals surface area (Å²) in [6.07, 6.45) is 1.90. The van der Waals surface area contributed by atoms with Crippen molar-refractivity contribution >= 4 is 43.7 Å². The summed E-state index contributed by atoms with van der Waals surface area (Å²) < 4.78 is 7.63. The maximum Gasteiger partial charge on any atom is 0.261 e. The predicted octanol–water partition coefficient (Wildman–Crippen LogP) is 5.23. The van der Waals surface area contributed by atoms with E-state index in [0.717, 1.165) is 32.9 Å². The minimum absolute atomic E-state index is 0.137. The molecule has 0 unspecified atom stereocenters. The molecule has 0 saturated heterocycles. The van der Waals surface area contributed by atoms with Crippen molar-refractivity contribution in [2.45, 2.75) is 46.2 Å². The summed E-state index contributed by atoms with van der Waals surface area (Å²) in [5.74, 6) is 0.214. The van der Waals surface area contributed by atoms with Crippen LogP contribution in [0.4, 0.5) is 0 Å². The zero-order valence-electron chi connectivity index (χ0n) is 17.6. The van der Waals surface area contributed by atoms with E-state index < -0.39 is 6.04 Å². The summed E-state index contributed by atoms with van der Waals surface area (Å²) in [6, 6.07) is 12.7. The summed E-state index contributed by atoms with van der Waals surface area (Å²) in [7, 11) is 0. The number of nitrogens with one attached hydrogen (secondary N) is 1. The Balaban J connectivity index is 2.12. The molecule has 0 spiro atoms. The van der Waals surface area contributed by atoms with Gasteiger partial charge in [-0.1, -0.05) is 57.3 Å². The third-order valence-electron chi connectivity index (χ3n) is 4.73. The predicted molar refractivity (Wildman–Crippen MR) is 126 cm³/mol. The average molecular weight is 540 g/mol. The zero-order chi connectivity index (χ0) is 22.1. The standard InChI is InChI=1S/C23H28Br2N2O3/c1-4-5-11-26-23(29)17(3)27(14-18-7-6-8-19(24)13-18)22(28)15-30-20-9-10-21(25)16(2)12-20/h6-10,12-13,17H,4-5,11,14-15H2,1-3H3,(H,26,29)/t17-/m1/s1. The van der Waals surface area contributed by atoms with Gasteiger partial charge in [-0.05, 0) is 61.7 Å². The van der Waals surface area contributed by atoms with Crippen molar-refractivity contribution in [3.8, 4) is 5.75 Å². The molecule has 2 aromatic carbocycles. The summed E-state index contributed by atoms with van der Waals surface area (Å²) in [5, 5.41) is 2.92. The number of aryl methyl sites for hydroxylation is 1. The quantitative estimate of drug-likeness (QED) is 0.420. The van der Waals surface area contributed by atoms with E-state index in [1.54, 1.807) is 11.8 Å². The monoisotopic (exact) mass is 538 g/mol. The van der Waals surface area contributed by atoms with E-state index in [2.05, 4.69) is 44.1 Å². The van der Waals surface area contributed by atoms with Crippen molar-refractivity contribution in [2.24, 2.45) is 0 Å². The van der Waals surface area contributed by atoms with Gasteiger partial charge in [-0.15, -0.1) is 0 Å². The molecule has 1 N–H and O–H groups in total. The van der Waals surface area contributed by atoms with Crippen LogP contribution in [0.1, 0.15) is 37.8 Å². The molecule has 1 atom stereocenters. The second kappa shape index (κ2) is 12.1. The molecule has 0 heterocycles. The van der Waals surface area contributed by atoms with Gasteiger partial charge in [0.25, 0.3) is 5.91 Å². The van der Waals surface area contributed by atoms with Gasteiger partial charge in [-0.2, -0.15) is 0 Å². The highest BCUT2D eigenvalue weighted by atomic mass is 79.9. The number of ether oxygens (including phenoxy) is 1. The summed E-state index contributed by atoms with van der Waals surface area (Å²) in [5.41, 5.74) is 1.96. The Morgan fingerprint density at radius 3 is 2.60 bits per heavy atom. The number of hydrogen-bond donors (Lipinski definition) is 1. The van der Waals surface area contributed by atoms with Gasteiger partial charge in [0.2, 0.25) is 5.91 Å². The van der Waals surface area contributed by atoms with E-state index in [0.29, 0.717) is 18.8 Å². The summed E-state index contributed by atoms with van der Waals surface area (Å²) >= 11 is 6.92. The molecule has 0 bridgehead atoms. The maximum atomic E-state index is 13.0. The normalized spacial score (nSPS) is 11.6. The number of carbonyl (C=O) groups is 2. The van der Waals surface area contributed by atoms with Crippen LogP contribution in [0.5, 0.6) is 5.75 Å². The Morgan fingerprint density at radius 1 is 1.17 bits per heavy atom. The zero-order valence-corrected chi connectivity index (χ0v) is 20.8. The largest absolute Gasteiger partial charge is 0.484 e. The molecule has 0 saturated carbocycles. The van der Waals surface area contributed by atoms with Gasteiger partial charge >= 0.3 is 0 Å². The van der Waals surface area contributed by atoms with Crippen LogP contribution in [-0.4, -0.2) is 35.9 Å². The molecule has 0 aliphatic rings. The fourth-order valence-corrected chi connectivity index (χ4v) is 3.58. The van der Waals surface area contributed by atoms with Crippen LogP contribution in [0, 0.1) is 6.92 Å². The maximum absolute atomic E-state index is 13.0. The molecule has 2 amide bonds. The summed E-state index contributed by atoms with van der Waals surface area (Å²) in [6.45, 7) is 6.57. The molecule has 30 heavy (non-hydrogen) atoms. The van der Waals surface area contributed by atoms with Gasteiger partial charge in [0, 0.05) is 22.0 Å². The number of benzene rings is 2. The lowest BCUT2D eigenvalue weighted by molar-refractivity contribution is -0.142. The van der Waals surface area contributed by atoms with Crippen molar-refractivity contribution in [3.63, 3.8) is 0 Å². The number of nitrogens with zero attached hydrogens (tertiary/aromatic N) is 1. The van der Waals surface area contributed by atoms with E-state index in [1.165, 1.54) is 0 Å². The van der Waals surface area contributed by atoms with Crippen molar-refractivity contribution in [2.75, 3.05) is 13.2 Å². The fourth-order valence-electron chi connectivity index (χ4n) is 2.89. The van der Waals surface area contributed by atoms with Crippen molar-refractivity contribution in [1.29, 1.82) is 0 Å². The Kier molecular flexibility index (Phi) is 9.85. The van der Waals surface area contributed by atoms with Crippen LogP contribution in [0.3, 0.4) is 0 Å². The highest BCUT2D eigenvalue weighted by Crippen LogP contribution is 2.22. The lowest BCUT2D eigenvalue weighted by atomic mass is 10.1. The van der Waals surface area contributed by atoms with Crippen LogP contribution in [0.15, 0.2) is 51.4 Å². The molecule has 7 heteroatoms. The number of halogens is 2. The first-order valence-corrected chi connectivity index (χ1v) is 11.6. The topological polar surface area (TPSA) is 58.6 Å². The first-order valence-electron chi connectivity index (χ1n) is 10.0. The molecule has 0 aliphatic heterocycles. The molecular weight excluding hydrogens is 512 g/mol. The minimum atomic E-state index is -0.608. The Hall–Kier alpha value is -1.86. The smallest absolute Gasteiger partial charge is 0.261 e. The van der Waals surface area contributed by atoms with Gasteiger partial charge in [0.15, 0.2) is 6.61 Å². The number of unbranched alkanes of at least 4 members (excludes halogenated alkanes) is 1. The molecule has 0 radical (unpaired) electrons. The molecule has 162 valence electrons. The Bertz CT molecular complexity index is 873. The van der Waals surface area contributed by atoms with E-state index in [-0.39, 0.29) is 18.4 Å². The second-order valence-electron chi connectivity index (χ2n) is 7.17. The lowest BCUT2D eigenvalue weighted by Gasteiger charge is -2.29. The SMILES string of the molecule is CCCCNC(=O)[C@@H](C)N(Cc1cccc(Br)c1)C(=O)COc1ccc(Br)c(C)c1.